The number of hydrogen-bond acceptors (Lipinski definition) is 4. The maximum Gasteiger partial charge on any atom is 0.324 e. The first-order chi connectivity index (χ1) is 9.06. The Morgan fingerprint density at radius 2 is 1.84 bits per heavy atom. The molecular formula is C14H27N3O2. The van der Waals surface area contributed by atoms with Crippen molar-refractivity contribution < 1.29 is 9.90 Å². The molecule has 1 atom stereocenters. The second kappa shape index (κ2) is 6.20. The molecular weight excluding hydrogens is 242 g/mol. The molecule has 0 aliphatic carbocycles. The lowest BCUT2D eigenvalue weighted by molar-refractivity contribution is -0.153. The van der Waals surface area contributed by atoms with Crippen molar-refractivity contribution in [2.75, 3.05) is 39.3 Å². The molecule has 2 aliphatic rings. The van der Waals surface area contributed by atoms with Gasteiger partial charge in [0.2, 0.25) is 0 Å². The van der Waals surface area contributed by atoms with Gasteiger partial charge in [0.05, 0.1) is 0 Å². The Kier molecular flexibility index (Phi) is 4.81. The number of rotatable bonds is 3. The molecule has 0 saturated carbocycles. The molecule has 0 radical (unpaired) electrons. The number of nitrogens with one attached hydrogen (secondary N) is 1. The van der Waals surface area contributed by atoms with Crippen LogP contribution in [-0.2, 0) is 4.79 Å². The Balaban J connectivity index is 2.12. The first kappa shape index (κ1) is 14.8. The van der Waals surface area contributed by atoms with E-state index < -0.39 is 11.5 Å². The number of likely N-dealkylation sites (tertiary alicyclic amines) is 1. The molecule has 2 saturated heterocycles. The van der Waals surface area contributed by atoms with Gasteiger partial charge in [-0.2, -0.15) is 0 Å². The zero-order valence-corrected chi connectivity index (χ0v) is 12.2. The molecule has 1 unspecified atom stereocenters. The minimum absolute atomic E-state index is 0.507. The Morgan fingerprint density at radius 1 is 1.16 bits per heavy atom. The maximum absolute atomic E-state index is 11.9. The summed E-state index contributed by atoms with van der Waals surface area (Å²) < 4.78 is 0. The first-order valence-electron chi connectivity index (χ1n) is 7.49. The van der Waals surface area contributed by atoms with Crippen molar-refractivity contribution in [3.63, 3.8) is 0 Å². The second-order valence-corrected chi connectivity index (χ2v) is 6.06. The van der Waals surface area contributed by atoms with Crippen LogP contribution in [0.4, 0.5) is 0 Å². The van der Waals surface area contributed by atoms with Crippen LogP contribution in [-0.4, -0.2) is 71.7 Å². The van der Waals surface area contributed by atoms with Crippen LogP contribution >= 0.6 is 0 Å². The summed E-state index contributed by atoms with van der Waals surface area (Å²) in [6.07, 6.45) is 2.51. The SMILES string of the molecule is CC(C)N1CCCC(C(=O)O)(N2CCNCC2)CC1. The van der Waals surface area contributed by atoms with Gasteiger partial charge in [-0.1, -0.05) is 0 Å². The Labute approximate surface area is 115 Å². The molecule has 2 fully saturated rings. The van der Waals surface area contributed by atoms with Gasteiger partial charge >= 0.3 is 5.97 Å². The number of nitrogens with zero attached hydrogens (tertiary/aromatic N) is 2. The smallest absolute Gasteiger partial charge is 0.324 e. The van der Waals surface area contributed by atoms with E-state index in [4.69, 9.17) is 0 Å². The van der Waals surface area contributed by atoms with Crippen molar-refractivity contribution in [1.29, 1.82) is 0 Å². The number of aliphatic carboxylic acids is 1. The minimum Gasteiger partial charge on any atom is -0.480 e. The zero-order valence-electron chi connectivity index (χ0n) is 12.2. The van der Waals surface area contributed by atoms with Crippen molar-refractivity contribution >= 4 is 5.97 Å². The highest BCUT2D eigenvalue weighted by Gasteiger charge is 2.45. The molecule has 0 spiro atoms. The fraction of sp³-hybridized carbons (Fsp3) is 0.929. The highest BCUT2D eigenvalue weighted by Crippen LogP contribution is 2.30. The molecule has 2 heterocycles. The summed E-state index contributed by atoms with van der Waals surface area (Å²) in [4.78, 5) is 16.5. The summed E-state index contributed by atoms with van der Waals surface area (Å²) in [5.41, 5.74) is -0.633. The maximum atomic E-state index is 11.9. The summed E-state index contributed by atoms with van der Waals surface area (Å²) in [5.74, 6) is -0.625. The summed E-state index contributed by atoms with van der Waals surface area (Å²) in [6, 6.07) is 0.507. The normalized spacial score (nSPS) is 31.3. The van der Waals surface area contributed by atoms with Gasteiger partial charge in [-0.15, -0.1) is 0 Å². The quantitative estimate of drug-likeness (QED) is 0.786. The van der Waals surface area contributed by atoms with Crippen LogP contribution in [0.1, 0.15) is 33.1 Å². The fourth-order valence-electron chi connectivity index (χ4n) is 3.41. The first-order valence-corrected chi connectivity index (χ1v) is 7.49. The van der Waals surface area contributed by atoms with Gasteiger partial charge in [0, 0.05) is 38.8 Å². The van der Waals surface area contributed by atoms with Crippen LogP contribution in [0.5, 0.6) is 0 Å². The molecule has 0 aromatic rings. The lowest BCUT2D eigenvalue weighted by Gasteiger charge is -2.42. The molecule has 5 nitrogen and oxygen atoms in total. The molecule has 2 rings (SSSR count). The number of hydrogen-bond donors (Lipinski definition) is 2. The average Bonchev–Trinajstić information content (AvgIpc) is 2.63. The van der Waals surface area contributed by atoms with E-state index in [0.717, 1.165) is 58.5 Å². The van der Waals surface area contributed by atoms with Crippen LogP contribution in [0, 0.1) is 0 Å². The van der Waals surface area contributed by atoms with Gasteiger partial charge in [0.1, 0.15) is 5.54 Å². The minimum atomic E-state index is -0.633. The molecule has 2 aliphatic heterocycles. The van der Waals surface area contributed by atoms with E-state index in [1.54, 1.807) is 0 Å². The number of carbonyl (C=O) groups is 1. The van der Waals surface area contributed by atoms with E-state index in [1.807, 2.05) is 0 Å². The molecule has 2 N–H and O–H groups in total. The lowest BCUT2D eigenvalue weighted by atomic mass is 9.88. The van der Waals surface area contributed by atoms with E-state index >= 15 is 0 Å². The van der Waals surface area contributed by atoms with Crippen molar-refractivity contribution in [1.82, 2.24) is 15.1 Å². The van der Waals surface area contributed by atoms with Gasteiger partial charge in [0.25, 0.3) is 0 Å². The van der Waals surface area contributed by atoms with E-state index in [2.05, 4.69) is 29.0 Å². The van der Waals surface area contributed by atoms with Gasteiger partial charge in [0.15, 0.2) is 0 Å². The third-order valence-corrected chi connectivity index (χ3v) is 4.70. The average molecular weight is 269 g/mol. The van der Waals surface area contributed by atoms with Gasteiger partial charge in [-0.05, 0) is 39.7 Å². The number of carboxylic acid groups (broad SMARTS) is 1. The second-order valence-electron chi connectivity index (χ2n) is 6.06. The standard InChI is InChI=1S/C14H27N3O2/c1-12(2)16-8-3-4-14(5-9-16,13(18)19)17-10-6-15-7-11-17/h12,15H,3-11H2,1-2H3,(H,18,19). The fourth-order valence-corrected chi connectivity index (χ4v) is 3.41. The highest BCUT2D eigenvalue weighted by atomic mass is 16.4. The third-order valence-electron chi connectivity index (χ3n) is 4.70. The van der Waals surface area contributed by atoms with E-state index in [0.29, 0.717) is 6.04 Å². The van der Waals surface area contributed by atoms with E-state index in [-0.39, 0.29) is 0 Å². The van der Waals surface area contributed by atoms with Crippen LogP contribution in [0.25, 0.3) is 0 Å². The summed E-state index contributed by atoms with van der Waals surface area (Å²) in [5, 5.41) is 13.1. The molecule has 19 heavy (non-hydrogen) atoms. The largest absolute Gasteiger partial charge is 0.480 e. The monoisotopic (exact) mass is 269 g/mol. The van der Waals surface area contributed by atoms with E-state index in [1.165, 1.54) is 0 Å². The van der Waals surface area contributed by atoms with Crippen molar-refractivity contribution in [3.8, 4) is 0 Å². The van der Waals surface area contributed by atoms with Crippen molar-refractivity contribution in [3.05, 3.63) is 0 Å². The predicted molar refractivity (Wildman–Crippen MR) is 75.4 cm³/mol. The molecule has 0 amide bonds. The predicted octanol–water partition coefficient (Wildman–Crippen LogP) is 0.609. The van der Waals surface area contributed by atoms with Crippen molar-refractivity contribution in [2.24, 2.45) is 0 Å². The number of piperazine rings is 1. The van der Waals surface area contributed by atoms with Crippen molar-refractivity contribution in [2.45, 2.75) is 44.7 Å². The zero-order chi connectivity index (χ0) is 13.9. The molecule has 0 aromatic carbocycles. The molecule has 5 heteroatoms. The number of carboxylic acids is 1. The summed E-state index contributed by atoms with van der Waals surface area (Å²) >= 11 is 0. The van der Waals surface area contributed by atoms with Crippen LogP contribution in [0.2, 0.25) is 0 Å². The van der Waals surface area contributed by atoms with E-state index in [9.17, 15) is 9.90 Å². The Morgan fingerprint density at radius 3 is 2.42 bits per heavy atom. The van der Waals surface area contributed by atoms with Gasteiger partial charge in [-0.25, -0.2) is 0 Å². The van der Waals surface area contributed by atoms with Crippen LogP contribution in [0.15, 0.2) is 0 Å². The molecule has 0 bridgehead atoms. The molecule has 0 aromatic heterocycles. The lowest BCUT2D eigenvalue weighted by Crippen LogP contribution is -2.60. The third kappa shape index (κ3) is 3.09. The van der Waals surface area contributed by atoms with Gasteiger partial charge in [-0.3, -0.25) is 9.69 Å². The Hall–Kier alpha value is -0.650. The molecule has 110 valence electrons. The van der Waals surface area contributed by atoms with Crippen LogP contribution in [0.3, 0.4) is 0 Å². The highest BCUT2D eigenvalue weighted by molar-refractivity contribution is 5.79. The van der Waals surface area contributed by atoms with Crippen LogP contribution < -0.4 is 5.32 Å². The van der Waals surface area contributed by atoms with Gasteiger partial charge < -0.3 is 15.3 Å². The summed E-state index contributed by atoms with van der Waals surface area (Å²) in [7, 11) is 0. The summed E-state index contributed by atoms with van der Waals surface area (Å²) in [6.45, 7) is 9.83. The topological polar surface area (TPSA) is 55.8 Å². The Bertz CT molecular complexity index is 316.